The highest BCUT2D eigenvalue weighted by molar-refractivity contribution is 5.28. The third-order valence-corrected chi connectivity index (χ3v) is 2.48. The van der Waals surface area contributed by atoms with Crippen LogP contribution in [0, 0.1) is 0 Å². The van der Waals surface area contributed by atoms with E-state index < -0.39 is 0 Å². The van der Waals surface area contributed by atoms with E-state index in [1.807, 2.05) is 26.0 Å². The largest absolute Gasteiger partial charge is 0.491 e. The van der Waals surface area contributed by atoms with Gasteiger partial charge < -0.3 is 19.9 Å². The minimum Gasteiger partial charge on any atom is -0.491 e. The van der Waals surface area contributed by atoms with Gasteiger partial charge in [0.1, 0.15) is 5.75 Å². The van der Waals surface area contributed by atoms with Gasteiger partial charge in [-0.05, 0) is 44.5 Å². The lowest BCUT2D eigenvalue weighted by atomic mass is 10.2. The highest BCUT2D eigenvalue weighted by atomic mass is 16.5. The maximum absolute atomic E-state index is 8.55. The van der Waals surface area contributed by atoms with Crippen molar-refractivity contribution in [1.82, 2.24) is 5.32 Å². The van der Waals surface area contributed by atoms with Crippen molar-refractivity contribution in [2.24, 2.45) is 0 Å². The average Bonchev–Trinajstić information content (AvgIpc) is 2.37. The molecule has 0 aliphatic rings. The molecular weight excluding hydrogens is 242 g/mol. The molecule has 0 bridgehead atoms. The summed E-state index contributed by atoms with van der Waals surface area (Å²) in [6.07, 6.45) is 1.15. The number of hydrogen-bond donors (Lipinski definition) is 2. The van der Waals surface area contributed by atoms with E-state index in [-0.39, 0.29) is 12.7 Å². The highest BCUT2D eigenvalue weighted by Gasteiger charge is 1.99. The van der Waals surface area contributed by atoms with Crippen LogP contribution in [-0.4, -0.2) is 37.6 Å². The highest BCUT2D eigenvalue weighted by Crippen LogP contribution is 2.14. The van der Waals surface area contributed by atoms with E-state index in [9.17, 15) is 0 Å². The Labute approximate surface area is 115 Å². The van der Waals surface area contributed by atoms with Gasteiger partial charge in [0.25, 0.3) is 0 Å². The maximum atomic E-state index is 8.55. The third-order valence-electron chi connectivity index (χ3n) is 2.48. The predicted octanol–water partition coefficient (Wildman–Crippen LogP) is 1.96. The fraction of sp³-hybridized carbons (Fsp3) is 0.600. The first-order valence-corrected chi connectivity index (χ1v) is 6.87. The Kier molecular flexibility index (Phi) is 8.21. The summed E-state index contributed by atoms with van der Waals surface area (Å²) in [5, 5.41) is 11.9. The Morgan fingerprint density at radius 2 is 2.11 bits per heavy atom. The van der Waals surface area contributed by atoms with E-state index in [1.165, 1.54) is 5.56 Å². The van der Waals surface area contributed by atoms with Crippen molar-refractivity contribution in [2.75, 3.05) is 26.4 Å². The molecule has 4 nitrogen and oxygen atoms in total. The fourth-order valence-electron chi connectivity index (χ4n) is 1.70. The van der Waals surface area contributed by atoms with Crippen LogP contribution < -0.4 is 10.1 Å². The molecular formula is C15H25NO3. The lowest BCUT2D eigenvalue weighted by Gasteiger charge is -2.11. The lowest BCUT2D eigenvalue weighted by molar-refractivity contribution is 0.0907. The lowest BCUT2D eigenvalue weighted by Crippen LogP contribution is -2.17. The summed E-state index contributed by atoms with van der Waals surface area (Å²) < 4.78 is 10.8. The van der Waals surface area contributed by atoms with Gasteiger partial charge in [-0.25, -0.2) is 0 Å². The second kappa shape index (κ2) is 9.78. The van der Waals surface area contributed by atoms with Gasteiger partial charge in [0.2, 0.25) is 0 Å². The Hall–Kier alpha value is -1.10. The molecule has 108 valence electrons. The molecule has 0 spiro atoms. The van der Waals surface area contributed by atoms with E-state index in [0.29, 0.717) is 13.2 Å². The van der Waals surface area contributed by atoms with Crippen molar-refractivity contribution in [3.63, 3.8) is 0 Å². The van der Waals surface area contributed by atoms with Gasteiger partial charge in [0, 0.05) is 13.2 Å². The zero-order chi connectivity index (χ0) is 13.9. The Balaban J connectivity index is 2.18. The summed E-state index contributed by atoms with van der Waals surface area (Å²) in [7, 11) is 0. The number of benzene rings is 1. The van der Waals surface area contributed by atoms with Crippen LogP contribution >= 0.6 is 0 Å². The van der Waals surface area contributed by atoms with Gasteiger partial charge in [-0.2, -0.15) is 0 Å². The van der Waals surface area contributed by atoms with Crippen molar-refractivity contribution in [3.8, 4) is 5.75 Å². The van der Waals surface area contributed by atoms with Gasteiger partial charge in [-0.1, -0.05) is 12.1 Å². The van der Waals surface area contributed by atoms with Gasteiger partial charge in [0.15, 0.2) is 0 Å². The number of aliphatic hydroxyl groups is 1. The molecule has 0 saturated heterocycles. The molecule has 0 saturated carbocycles. The van der Waals surface area contributed by atoms with Crippen LogP contribution in [-0.2, 0) is 11.3 Å². The summed E-state index contributed by atoms with van der Waals surface area (Å²) in [6, 6.07) is 8.14. The van der Waals surface area contributed by atoms with Crippen molar-refractivity contribution >= 4 is 0 Å². The monoisotopic (exact) mass is 267 g/mol. The quantitative estimate of drug-likeness (QED) is 0.636. The molecule has 0 fully saturated rings. The van der Waals surface area contributed by atoms with Crippen LogP contribution in [0.25, 0.3) is 0 Å². The number of ether oxygens (including phenoxy) is 2. The first-order valence-electron chi connectivity index (χ1n) is 6.87. The van der Waals surface area contributed by atoms with Gasteiger partial charge in [-0.3, -0.25) is 0 Å². The molecule has 0 heterocycles. The van der Waals surface area contributed by atoms with Gasteiger partial charge in [0.05, 0.1) is 19.3 Å². The van der Waals surface area contributed by atoms with E-state index in [2.05, 4.69) is 17.4 Å². The first-order chi connectivity index (χ1) is 9.22. The van der Waals surface area contributed by atoms with E-state index in [4.69, 9.17) is 14.6 Å². The Bertz CT molecular complexity index is 342. The molecule has 19 heavy (non-hydrogen) atoms. The van der Waals surface area contributed by atoms with Crippen LogP contribution in [0.2, 0.25) is 0 Å². The molecule has 1 rings (SSSR count). The smallest absolute Gasteiger partial charge is 0.120 e. The zero-order valence-electron chi connectivity index (χ0n) is 11.9. The molecule has 1 aromatic carbocycles. The molecule has 2 N–H and O–H groups in total. The number of nitrogens with one attached hydrogen (secondary N) is 1. The second-order valence-electron chi connectivity index (χ2n) is 4.68. The normalized spacial score (nSPS) is 10.9. The fourth-order valence-corrected chi connectivity index (χ4v) is 1.70. The molecule has 1 aromatic rings. The van der Waals surface area contributed by atoms with Crippen molar-refractivity contribution in [3.05, 3.63) is 29.8 Å². The summed E-state index contributed by atoms with van der Waals surface area (Å²) in [4.78, 5) is 0. The minimum atomic E-state index is 0.0933. The molecule has 0 aliphatic heterocycles. The summed E-state index contributed by atoms with van der Waals surface area (Å²) >= 11 is 0. The van der Waals surface area contributed by atoms with Crippen LogP contribution in [0.1, 0.15) is 25.8 Å². The first kappa shape index (κ1) is 16.0. The molecule has 0 aliphatic carbocycles. The van der Waals surface area contributed by atoms with E-state index in [1.54, 1.807) is 0 Å². The Morgan fingerprint density at radius 3 is 2.84 bits per heavy atom. The summed E-state index contributed by atoms with van der Waals surface area (Å²) in [5.41, 5.74) is 1.22. The van der Waals surface area contributed by atoms with Crippen molar-refractivity contribution < 1.29 is 14.6 Å². The van der Waals surface area contributed by atoms with Crippen molar-refractivity contribution in [2.45, 2.75) is 32.9 Å². The number of rotatable bonds is 10. The predicted molar refractivity (Wildman–Crippen MR) is 76.4 cm³/mol. The minimum absolute atomic E-state index is 0.0933. The van der Waals surface area contributed by atoms with Gasteiger partial charge in [-0.15, -0.1) is 0 Å². The second-order valence-corrected chi connectivity index (χ2v) is 4.68. The molecule has 0 atom stereocenters. The summed E-state index contributed by atoms with van der Waals surface area (Å²) in [6.45, 7) is 6.99. The Morgan fingerprint density at radius 1 is 1.26 bits per heavy atom. The number of aliphatic hydroxyl groups excluding tert-OH is 1. The van der Waals surface area contributed by atoms with E-state index >= 15 is 0 Å². The van der Waals surface area contributed by atoms with E-state index in [0.717, 1.165) is 25.3 Å². The average molecular weight is 267 g/mol. The number of hydrogen-bond acceptors (Lipinski definition) is 4. The topological polar surface area (TPSA) is 50.7 Å². The molecule has 0 amide bonds. The molecule has 0 aromatic heterocycles. The van der Waals surface area contributed by atoms with Crippen LogP contribution in [0.5, 0.6) is 5.75 Å². The van der Waals surface area contributed by atoms with Crippen molar-refractivity contribution in [1.29, 1.82) is 0 Å². The van der Waals surface area contributed by atoms with Crippen LogP contribution in [0.4, 0.5) is 0 Å². The zero-order valence-corrected chi connectivity index (χ0v) is 11.9. The van der Waals surface area contributed by atoms with Crippen LogP contribution in [0.3, 0.4) is 0 Å². The molecule has 0 unspecified atom stereocenters. The molecule has 0 radical (unpaired) electrons. The summed E-state index contributed by atoms with van der Waals surface area (Å²) in [5.74, 6) is 0.917. The van der Waals surface area contributed by atoms with Crippen LogP contribution in [0.15, 0.2) is 24.3 Å². The standard InChI is InChI=1S/C15H25NO3/c1-13(2)19-15-6-3-5-14(11-15)12-16-7-4-9-18-10-8-17/h3,5-6,11,13,16-17H,4,7-10,12H2,1-2H3. The maximum Gasteiger partial charge on any atom is 0.120 e. The SMILES string of the molecule is CC(C)Oc1cccc(CNCCCOCCO)c1. The molecule has 4 heteroatoms. The third kappa shape index (κ3) is 7.82. The van der Waals surface area contributed by atoms with Gasteiger partial charge >= 0.3 is 0 Å².